The third-order valence-electron chi connectivity index (χ3n) is 6.02. The lowest BCUT2D eigenvalue weighted by atomic mass is 9.97. The van der Waals surface area contributed by atoms with Gasteiger partial charge in [0.05, 0.1) is 12.0 Å². The number of rotatable bonds is 4. The maximum absolute atomic E-state index is 12.7. The van der Waals surface area contributed by atoms with Gasteiger partial charge in [0, 0.05) is 12.3 Å². The number of carbonyl (C=O) groups is 1. The van der Waals surface area contributed by atoms with Crippen molar-refractivity contribution in [2.24, 2.45) is 11.0 Å². The summed E-state index contributed by atoms with van der Waals surface area (Å²) in [6.07, 6.45) is 3.86. The molecule has 1 aliphatic carbocycles. The minimum atomic E-state index is -0.117. The molecular weight excluding hydrogens is 342 g/mol. The predicted molar refractivity (Wildman–Crippen MR) is 104 cm³/mol. The van der Waals surface area contributed by atoms with Gasteiger partial charge >= 0.3 is 0 Å². The normalized spacial score (nSPS) is 30.6. The highest BCUT2D eigenvalue weighted by Crippen LogP contribution is 2.35. The Kier molecular flexibility index (Phi) is 5.16. The molecule has 1 saturated heterocycles. The summed E-state index contributed by atoms with van der Waals surface area (Å²) in [6.45, 7) is 4.79. The Balaban J connectivity index is 1.46. The van der Waals surface area contributed by atoms with Crippen molar-refractivity contribution in [1.29, 1.82) is 0 Å². The van der Waals surface area contributed by atoms with Crippen LogP contribution >= 0.6 is 0 Å². The molecular formula is C20H29N5O2. The fraction of sp³-hybridized carbons (Fsp3) is 0.600. The number of hydrazone groups is 1. The van der Waals surface area contributed by atoms with Crippen LogP contribution in [-0.2, 0) is 16.1 Å². The summed E-state index contributed by atoms with van der Waals surface area (Å²) in [4.78, 5) is 20.6. The van der Waals surface area contributed by atoms with Crippen LogP contribution < -0.4 is 16.2 Å². The van der Waals surface area contributed by atoms with Crippen LogP contribution in [0.4, 0.5) is 0 Å². The number of nitrogens with one attached hydrogen (secondary N) is 3. The zero-order chi connectivity index (χ0) is 19.0. The summed E-state index contributed by atoms with van der Waals surface area (Å²) in [5.41, 5.74) is 10.7. The first-order valence-electron chi connectivity index (χ1n) is 9.91. The van der Waals surface area contributed by atoms with Crippen LogP contribution in [0.3, 0.4) is 0 Å². The number of nitrogens with zero attached hydrogens (tertiary/aromatic N) is 2. The predicted octanol–water partition coefficient (Wildman–Crippen LogP) is 1.98. The van der Waals surface area contributed by atoms with Crippen LogP contribution in [0.5, 0.6) is 0 Å². The number of hydrogen-bond donors (Lipinski definition) is 3. The third kappa shape index (κ3) is 3.47. The highest BCUT2D eigenvalue weighted by Gasteiger charge is 2.33. The molecule has 0 radical (unpaired) electrons. The first kappa shape index (κ1) is 18.4. The van der Waals surface area contributed by atoms with Gasteiger partial charge in [-0.25, -0.2) is 0 Å². The Morgan fingerprint density at radius 2 is 2.26 bits per heavy atom. The van der Waals surface area contributed by atoms with E-state index in [1.807, 2.05) is 6.92 Å². The number of hydrogen-bond acceptors (Lipinski definition) is 6. The van der Waals surface area contributed by atoms with E-state index in [9.17, 15) is 4.79 Å². The van der Waals surface area contributed by atoms with Gasteiger partial charge in [-0.2, -0.15) is 10.6 Å². The molecule has 4 atom stereocenters. The van der Waals surface area contributed by atoms with Crippen molar-refractivity contribution in [1.82, 2.24) is 21.1 Å². The van der Waals surface area contributed by atoms with Gasteiger partial charge in [0.15, 0.2) is 0 Å². The second-order valence-corrected chi connectivity index (χ2v) is 7.73. The van der Waals surface area contributed by atoms with Crippen molar-refractivity contribution in [3.8, 4) is 0 Å². The number of fused-ring (bicyclic) bond motifs is 1. The molecule has 1 fully saturated rings. The van der Waals surface area contributed by atoms with E-state index in [-0.39, 0.29) is 30.3 Å². The van der Waals surface area contributed by atoms with E-state index in [1.54, 1.807) is 0 Å². The van der Waals surface area contributed by atoms with Crippen molar-refractivity contribution in [2.45, 2.75) is 58.0 Å². The smallest absolute Gasteiger partial charge is 0.229 e. The zero-order valence-corrected chi connectivity index (χ0v) is 16.3. The third-order valence-corrected chi connectivity index (χ3v) is 6.02. The van der Waals surface area contributed by atoms with E-state index in [1.165, 1.54) is 16.7 Å². The second kappa shape index (κ2) is 7.58. The molecule has 0 saturated carbocycles. The monoisotopic (exact) mass is 371 g/mol. The van der Waals surface area contributed by atoms with E-state index in [2.05, 4.69) is 58.4 Å². The molecule has 7 heteroatoms. The summed E-state index contributed by atoms with van der Waals surface area (Å²) in [7, 11) is 2.08. The maximum atomic E-state index is 12.7. The average molecular weight is 371 g/mol. The summed E-state index contributed by atoms with van der Waals surface area (Å²) in [5.74, 6) is -0.0231. The van der Waals surface area contributed by atoms with Gasteiger partial charge < -0.3 is 10.7 Å². The van der Waals surface area contributed by atoms with Crippen LogP contribution in [0.2, 0.25) is 0 Å². The molecule has 2 aliphatic heterocycles. The van der Waals surface area contributed by atoms with Gasteiger partial charge in [0.1, 0.15) is 12.4 Å². The molecule has 0 bridgehead atoms. The van der Waals surface area contributed by atoms with Gasteiger partial charge in [-0.3, -0.25) is 14.5 Å². The van der Waals surface area contributed by atoms with E-state index in [0.29, 0.717) is 0 Å². The minimum absolute atomic E-state index is 0.0718. The molecule has 27 heavy (non-hydrogen) atoms. The molecule has 1 amide bonds. The summed E-state index contributed by atoms with van der Waals surface area (Å²) in [6, 6.07) is 6.67. The number of benzene rings is 1. The van der Waals surface area contributed by atoms with Crippen molar-refractivity contribution in [3.63, 3.8) is 0 Å². The van der Waals surface area contributed by atoms with E-state index < -0.39 is 0 Å². The molecule has 3 N–H and O–H groups in total. The molecule has 146 valence electrons. The SMILES string of the molecule is CCC1ONC(c2ccc3c(c2)CC[C@H]3NC(=O)C2CCNN=C2C)N1C. The van der Waals surface area contributed by atoms with Crippen LogP contribution in [0, 0.1) is 5.92 Å². The van der Waals surface area contributed by atoms with Crippen LogP contribution in [0.1, 0.15) is 62.0 Å². The fourth-order valence-corrected chi connectivity index (χ4v) is 4.38. The highest BCUT2D eigenvalue weighted by molar-refractivity contribution is 6.03. The van der Waals surface area contributed by atoms with Gasteiger partial charge in [-0.05, 0) is 56.3 Å². The van der Waals surface area contributed by atoms with Gasteiger partial charge in [-0.1, -0.05) is 25.1 Å². The lowest BCUT2D eigenvalue weighted by Gasteiger charge is -2.24. The lowest BCUT2D eigenvalue weighted by molar-refractivity contribution is -0.124. The Bertz CT molecular complexity index is 750. The topological polar surface area (TPSA) is 78.0 Å². The highest BCUT2D eigenvalue weighted by atomic mass is 16.7. The van der Waals surface area contributed by atoms with E-state index >= 15 is 0 Å². The first-order valence-corrected chi connectivity index (χ1v) is 9.91. The number of hydroxylamine groups is 1. The second-order valence-electron chi connectivity index (χ2n) is 7.73. The number of aryl methyl sites for hydroxylation is 1. The van der Waals surface area contributed by atoms with Crippen LogP contribution in [0.15, 0.2) is 23.3 Å². The maximum Gasteiger partial charge on any atom is 0.229 e. The Morgan fingerprint density at radius 1 is 1.41 bits per heavy atom. The lowest BCUT2D eigenvalue weighted by Crippen LogP contribution is -2.40. The van der Waals surface area contributed by atoms with Crippen LogP contribution in [-0.4, -0.2) is 36.3 Å². The quantitative estimate of drug-likeness (QED) is 0.754. The Hall–Kier alpha value is -1.96. The molecule has 3 aliphatic rings. The molecule has 0 spiro atoms. The molecule has 2 heterocycles. The standard InChI is InChI=1S/C20H29N5O2/c1-4-18-25(3)19(24-27-18)14-5-7-16-13(11-14)6-8-17(16)22-20(26)15-9-10-21-23-12(15)2/h5,7,11,15,17-19,21,24H,4,6,8-10H2,1-3H3,(H,22,26)/t15?,17-,18?,19?/m1/s1. The van der Waals surface area contributed by atoms with Gasteiger partial charge in [-0.15, -0.1) is 0 Å². The van der Waals surface area contributed by atoms with Crippen LogP contribution in [0.25, 0.3) is 0 Å². The summed E-state index contributed by atoms with van der Waals surface area (Å²) < 4.78 is 0. The summed E-state index contributed by atoms with van der Waals surface area (Å²) >= 11 is 0. The van der Waals surface area contributed by atoms with Crippen molar-refractivity contribution < 1.29 is 9.63 Å². The van der Waals surface area contributed by atoms with E-state index in [0.717, 1.165) is 37.9 Å². The minimum Gasteiger partial charge on any atom is -0.349 e. The van der Waals surface area contributed by atoms with Gasteiger partial charge in [0.2, 0.25) is 5.91 Å². The van der Waals surface area contributed by atoms with Crippen molar-refractivity contribution in [2.75, 3.05) is 13.6 Å². The fourth-order valence-electron chi connectivity index (χ4n) is 4.38. The first-order chi connectivity index (χ1) is 13.1. The Labute approximate surface area is 160 Å². The number of amides is 1. The largest absolute Gasteiger partial charge is 0.349 e. The van der Waals surface area contributed by atoms with Gasteiger partial charge in [0.25, 0.3) is 0 Å². The molecule has 4 rings (SSSR count). The summed E-state index contributed by atoms with van der Waals surface area (Å²) in [5, 5.41) is 7.46. The molecule has 3 unspecified atom stereocenters. The number of carbonyl (C=O) groups excluding carboxylic acids is 1. The molecule has 0 aromatic heterocycles. The van der Waals surface area contributed by atoms with Crippen molar-refractivity contribution in [3.05, 3.63) is 34.9 Å². The average Bonchev–Trinajstić information content (AvgIpc) is 3.24. The van der Waals surface area contributed by atoms with E-state index in [4.69, 9.17) is 4.84 Å². The Morgan fingerprint density at radius 3 is 3.00 bits per heavy atom. The molecule has 1 aromatic rings. The zero-order valence-electron chi connectivity index (χ0n) is 16.3. The molecule has 7 nitrogen and oxygen atoms in total. The molecule has 1 aromatic carbocycles. The van der Waals surface area contributed by atoms with Crippen molar-refractivity contribution >= 4 is 11.6 Å².